The molecule has 0 radical (unpaired) electrons. The average Bonchev–Trinajstić information content (AvgIpc) is 3.58. The highest BCUT2D eigenvalue weighted by Crippen LogP contribution is 2.66. The lowest BCUT2D eigenvalue weighted by Gasteiger charge is -2.56. The highest BCUT2D eigenvalue weighted by atomic mass is 32.1. The van der Waals surface area contributed by atoms with Crippen molar-refractivity contribution >= 4 is 61.9 Å². The van der Waals surface area contributed by atoms with Gasteiger partial charge < -0.3 is 45.5 Å². The van der Waals surface area contributed by atoms with Gasteiger partial charge >= 0.3 is 5.97 Å². The largest absolute Gasteiger partial charge is 0.497 e. The predicted octanol–water partition coefficient (Wildman–Crippen LogP) is 8.38. The third-order valence-electron chi connectivity index (χ3n) is 14.0. The summed E-state index contributed by atoms with van der Waals surface area (Å²) in [6.07, 6.45) is 11.5. The number of aromatic carboxylic acids is 1. The number of likely N-dealkylation sites (N-methyl/N-ethyl adjacent to an activating group) is 1. The smallest absolute Gasteiger partial charge is 0.355 e. The van der Waals surface area contributed by atoms with Crippen molar-refractivity contribution in [3.8, 4) is 5.75 Å². The van der Waals surface area contributed by atoms with Crippen molar-refractivity contribution < 1.29 is 24.5 Å². The lowest BCUT2D eigenvalue weighted by Crippen LogP contribution is -2.53. The number of carboxylic acid groups (broad SMARTS) is 1. The van der Waals surface area contributed by atoms with Gasteiger partial charge in [-0.1, -0.05) is 25.2 Å². The number of aromatic nitrogens is 4. The Morgan fingerprint density at radius 2 is 1.89 bits per heavy atom. The number of anilines is 4. The molecular formula is C47H63N9O5S. The van der Waals surface area contributed by atoms with Crippen LogP contribution in [0, 0.1) is 35.0 Å². The number of hydrogen-bond acceptors (Lipinski definition) is 14. The fourth-order valence-corrected chi connectivity index (χ4v) is 12.6. The fourth-order valence-electron chi connectivity index (χ4n) is 11.8. The molecule has 1 aliphatic heterocycles. The molecule has 14 nitrogen and oxygen atoms in total. The van der Waals surface area contributed by atoms with E-state index in [1.54, 1.807) is 13.2 Å². The Balaban J connectivity index is 0.979. The van der Waals surface area contributed by atoms with Crippen molar-refractivity contribution in [2.45, 2.75) is 97.5 Å². The Morgan fingerprint density at radius 1 is 1.08 bits per heavy atom. The van der Waals surface area contributed by atoms with Gasteiger partial charge in [0.05, 0.1) is 29.5 Å². The number of aliphatic hydroxyl groups is 1. The van der Waals surface area contributed by atoms with Crippen molar-refractivity contribution in [2.24, 2.45) is 22.7 Å². The highest BCUT2D eigenvalue weighted by Gasteiger charge is 2.60. The molecular weight excluding hydrogens is 803 g/mol. The minimum absolute atomic E-state index is 0.103. The van der Waals surface area contributed by atoms with Crippen molar-refractivity contribution in [1.29, 1.82) is 5.41 Å². The summed E-state index contributed by atoms with van der Waals surface area (Å²) >= 11 is 1.53. The molecule has 0 spiro atoms. The summed E-state index contributed by atoms with van der Waals surface area (Å²) < 4.78 is 13.3. The number of hydrogen-bond donors (Lipinski definition) is 5. The number of carbonyl (C=O) groups is 1. The zero-order valence-corrected chi connectivity index (χ0v) is 38.0. The molecule has 4 fully saturated rings. The number of ether oxygens (including phenoxy) is 2. The first-order valence-electron chi connectivity index (χ1n) is 22.2. The number of carboxylic acids is 1. The molecule has 4 aromatic rings. The summed E-state index contributed by atoms with van der Waals surface area (Å²) in [7, 11) is 3.78. The molecule has 5 aliphatic rings. The predicted molar refractivity (Wildman–Crippen MR) is 246 cm³/mol. The van der Waals surface area contributed by atoms with E-state index < -0.39 is 5.97 Å². The number of allylic oxidation sites excluding steroid dienone is 2. The Kier molecular flexibility index (Phi) is 12.6. The molecule has 62 heavy (non-hydrogen) atoms. The quantitative estimate of drug-likeness (QED) is 0.0476. The molecule has 3 aromatic heterocycles. The SMILES string of the molecule is COc1ccc2sc(Nc3nnc4c(c3C)CCCN4c3ccc(/C(C=N)=C(\C)NCC4CC5(C)CC6(C)CC4CC(OCCN(C)CCCCO)(C5)C6)c(C(=O)O)n3)nc2c1. The number of unbranched alkanes of at least 4 members (excludes halogenated alkanes) is 1. The number of methoxy groups -OCH3 is 1. The van der Waals surface area contributed by atoms with E-state index in [1.165, 1.54) is 30.4 Å². The first-order chi connectivity index (χ1) is 29.7. The third kappa shape index (κ3) is 9.04. The Labute approximate surface area is 369 Å². The van der Waals surface area contributed by atoms with Crippen LogP contribution in [0.5, 0.6) is 5.75 Å². The van der Waals surface area contributed by atoms with Crippen LogP contribution in [0.4, 0.5) is 22.6 Å². The maximum absolute atomic E-state index is 12.9. The first kappa shape index (κ1) is 43.9. The Bertz CT molecular complexity index is 2350. The molecule has 332 valence electrons. The summed E-state index contributed by atoms with van der Waals surface area (Å²) in [4.78, 5) is 26.7. The Hall–Kier alpha value is -4.70. The number of pyridine rings is 1. The van der Waals surface area contributed by atoms with Gasteiger partial charge in [0.2, 0.25) is 0 Å². The summed E-state index contributed by atoms with van der Waals surface area (Å²) in [5, 5.41) is 45.2. The molecule has 15 heteroatoms. The lowest BCUT2D eigenvalue weighted by atomic mass is 9.53. The summed E-state index contributed by atoms with van der Waals surface area (Å²) in [6.45, 7) is 13.1. The van der Waals surface area contributed by atoms with Crippen LogP contribution in [0.1, 0.15) is 106 Å². The number of thiazole rings is 1. The standard InChI is InChI=1S/C47H63N9O5S/c1-29-34-10-9-16-56(42(34)54-53-41(29)52-44-50-37-20-33(60-6)11-13-38(37)62-44)39-14-12-35(40(51-39)43(58)59)36(24-48)30(2)49-25-32-22-46(4)26-45(3)21-31(32)23-47(27-45,28-46)61-19-17-55(5)15-7-8-18-57/h11-14,20,24,31-32,48-49,57H,7-10,15-19,21-23,25-28H2,1-6H3,(H,58,59)(H,50,52,53)/b36-30+,48-24?. The topological polar surface area (TPSA) is 182 Å². The summed E-state index contributed by atoms with van der Waals surface area (Å²) in [5.41, 5.74) is 4.72. The summed E-state index contributed by atoms with van der Waals surface area (Å²) in [5.74, 6) is 2.31. The highest BCUT2D eigenvalue weighted by molar-refractivity contribution is 7.22. The van der Waals surface area contributed by atoms with Crippen LogP contribution >= 0.6 is 11.3 Å². The number of rotatable bonds is 18. The molecule has 0 saturated heterocycles. The zero-order chi connectivity index (χ0) is 43.8. The van der Waals surface area contributed by atoms with Crippen LogP contribution < -0.4 is 20.3 Å². The van der Waals surface area contributed by atoms with Crippen molar-refractivity contribution in [3.05, 3.63) is 58.4 Å². The van der Waals surface area contributed by atoms with Gasteiger partial charge in [-0.3, -0.25) is 0 Å². The number of fused-ring (bicyclic) bond motifs is 3. The second-order valence-electron chi connectivity index (χ2n) is 19.2. The van der Waals surface area contributed by atoms with Gasteiger partial charge in [-0.25, -0.2) is 14.8 Å². The van der Waals surface area contributed by atoms with Gasteiger partial charge in [0, 0.05) is 66.5 Å². The fraction of sp³-hybridized carbons (Fsp3) is 0.574. The Morgan fingerprint density at radius 3 is 2.65 bits per heavy atom. The van der Waals surface area contributed by atoms with E-state index >= 15 is 0 Å². The molecule has 9 rings (SSSR count). The average molecular weight is 866 g/mol. The molecule has 4 aliphatic carbocycles. The van der Waals surface area contributed by atoms with Gasteiger partial charge in [0.1, 0.15) is 11.6 Å². The maximum Gasteiger partial charge on any atom is 0.355 e. The lowest BCUT2D eigenvalue weighted by molar-refractivity contribution is -0.165. The van der Waals surface area contributed by atoms with Gasteiger partial charge in [-0.2, -0.15) is 0 Å². The van der Waals surface area contributed by atoms with E-state index in [2.05, 4.69) is 46.6 Å². The number of nitrogens with one attached hydrogen (secondary N) is 3. The monoisotopic (exact) mass is 865 g/mol. The third-order valence-corrected chi connectivity index (χ3v) is 15.0. The van der Waals surface area contributed by atoms with Gasteiger partial charge in [-0.15, -0.1) is 10.2 Å². The van der Waals surface area contributed by atoms with Gasteiger partial charge in [-0.05, 0) is 139 Å². The van der Waals surface area contributed by atoms with E-state index in [9.17, 15) is 15.0 Å². The van der Waals surface area contributed by atoms with Crippen molar-refractivity contribution in [3.63, 3.8) is 0 Å². The molecule has 1 aromatic carbocycles. The van der Waals surface area contributed by atoms with Crippen LogP contribution in [-0.2, 0) is 11.2 Å². The zero-order valence-electron chi connectivity index (χ0n) is 37.1. The van der Waals surface area contributed by atoms with E-state index in [-0.39, 0.29) is 28.7 Å². The van der Waals surface area contributed by atoms with E-state index in [1.807, 2.05) is 43.0 Å². The normalized spacial score (nSPS) is 25.7. The summed E-state index contributed by atoms with van der Waals surface area (Å²) in [6, 6.07) is 9.43. The second-order valence-corrected chi connectivity index (χ2v) is 20.2. The van der Waals surface area contributed by atoms with Crippen LogP contribution in [0.3, 0.4) is 0 Å². The first-order valence-corrected chi connectivity index (χ1v) is 23.0. The molecule has 5 N–H and O–H groups in total. The minimum Gasteiger partial charge on any atom is -0.497 e. The molecule has 4 bridgehead atoms. The molecule has 5 atom stereocenters. The van der Waals surface area contributed by atoms with E-state index in [0.717, 1.165) is 110 Å². The number of nitrogens with zero attached hydrogens (tertiary/aromatic N) is 6. The van der Waals surface area contributed by atoms with Crippen LogP contribution in [0.2, 0.25) is 0 Å². The van der Waals surface area contributed by atoms with Gasteiger partial charge in [0.25, 0.3) is 0 Å². The molecule has 0 amide bonds. The van der Waals surface area contributed by atoms with Crippen molar-refractivity contribution in [1.82, 2.24) is 30.4 Å². The number of aliphatic hydroxyl groups excluding tert-OH is 1. The molecule has 4 saturated carbocycles. The maximum atomic E-state index is 12.9. The van der Waals surface area contributed by atoms with Gasteiger partial charge in [0.15, 0.2) is 22.5 Å². The van der Waals surface area contributed by atoms with Crippen LogP contribution in [0.15, 0.2) is 36.0 Å². The number of benzene rings is 1. The van der Waals surface area contributed by atoms with Crippen LogP contribution in [-0.4, -0.2) is 107 Å². The molecule has 5 unspecified atom stereocenters. The van der Waals surface area contributed by atoms with Crippen molar-refractivity contribution in [2.75, 3.05) is 63.8 Å². The molecule has 4 heterocycles. The van der Waals surface area contributed by atoms with E-state index in [4.69, 9.17) is 24.9 Å². The van der Waals surface area contributed by atoms with E-state index in [0.29, 0.717) is 52.1 Å². The second kappa shape index (κ2) is 17.8. The minimum atomic E-state index is -1.15. The van der Waals surface area contributed by atoms with Crippen LogP contribution in [0.25, 0.3) is 15.8 Å².